The molecular formula is C20H19F5. The first-order valence-corrected chi connectivity index (χ1v) is 8.46. The third-order valence-electron chi connectivity index (χ3n) is 5.08. The third kappa shape index (κ3) is 3.86. The Morgan fingerprint density at radius 3 is 1.80 bits per heavy atom. The molecule has 0 N–H and O–H groups in total. The maximum Gasteiger partial charge on any atom is 0.194 e. The fraction of sp³-hybridized carbons (Fsp3) is 0.400. The van der Waals surface area contributed by atoms with E-state index in [-0.39, 0.29) is 23.5 Å². The van der Waals surface area contributed by atoms with Gasteiger partial charge < -0.3 is 0 Å². The van der Waals surface area contributed by atoms with E-state index in [9.17, 15) is 22.0 Å². The zero-order valence-electron chi connectivity index (χ0n) is 13.9. The Labute approximate surface area is 143 Å². The monoisotopic (exact) mass is 354 g/mol. The Bertz CT molecular complexity index is 730. The fourth-order valence-corrected chi connectivity index (χ4v) is 3.53. The summed E-state index contributed by atoms with van der Waals surface area (Å²) in [6.45, 7) is 2.17. The maximum atomic E-state index is 14.4. The zero-order valence-corrected chi connectivity index (χ0v) is 13.9. The number of rotatable bonds is 3. The van der Waals surface area contributed by atoms with E-state index in [2.05, 4.69) is 6.92 Å². The molecule has 25 heavy (non-hydrogen) atoms. The van der Waals surface area contributed by atoms with Crippen molar-refractivity contribution in [2.75, 3.05) is 0 Å². The topological polar surface area (TPSA) is 0 Å². The predicted molar refractivity (Wildman–Crippen MR) is 85.9 cm³/mol. The lowest BCUT2D eigenvalue weighted by Gasteiger charge is -2.26. The number of hydrogen-bond donors (Lipinski definition) is 0. The molecule has 0 aliphatic heterocycles. The Morgan fingerprint density at radius 2 is 1.28 bits per heavy atom. The van der Waals surface area contributed by atoms with E-state index < -0.39 is 29.1 Å². The summed E-state index contributed by atoms with van der Waals surface area (Å²) in [5.41, 5.74) is 0.342. The Hall–Kier alpha value is -1.91. The highest BCUT2D eigenvalue weighted by Gasteiger charge is 2.22. The van der Waals surface area contributed by atoms with Crippen LogP contribution in [0.25, 0.3) is 0 Å². The first-order valence-electron chi connectivity index (χ1n) is 8.46. The van der Waals surface area contributed by atoms with Crippen molar-refractivity contribution in [2.45, 2.75) is 44.9 Å². The minimum absolute atomic E-state index is 0.0200. The van der Waals surface area contributed by atoms with Gasteiger partial charge in [-0.05, 0) is 60.1 Å². The van der Waals surface area contributed by atoms with Crippen LogP contribution >= 0.6 is 0 Å². The second-order valence-electron chi connectivity index (χ2n) is 6.97. The van der Waals surface area contributed by atoms with Crippen LogP contribution in [0.15, 0.2) is 24.3 Å². The summed E-state index contributed by atoms with van der Waals surface area (Å²) in [4.78, 5) is 0. The molecule has 1 aliphatic rings. The van der Waals surface area contributed by atoms with E-state index in [4.69, 9.17) is 0 Å². The van der Waals surface area contributed by atoms with Crippen LogP contribution in [-0.4, -0.2) is 0 Å². The molecule has 1 aliphatic carbocycles. The minimum Gasteiger partial charge on any atom is -0.207 e. The average Bonchev–Trinajstić information content (AvgIpc) is 2.56. The third-order valence-corrected chi connectivity index (χ3v) is 5.08. The van der Waals surface area contributed by atoms with Crippen LogP contribution in [0.4, 0.5) is 22.0 Å². The molecule has 0 heterocycles. The second-order valence-corrected chi connectivity index (χ2v) is 6.97. The summed E-state index contributed by atoms with van der Waals surface area (Å²) < 4.78 is 68.4. The lowest BCUT2D eigenvalue weighted by Crippen LogP contribution is -2.12. The van der Waals surface area contributed by atoms with Crippen molar-refractivity contribution in [3.8, 4) is 0 Å². The first kappa shape index (κ1) is 17.9. The van der Waals surface area contributed by atoms with Crippen LogP contribution < -0.4 is 0 Å². The van der Waals surface area contributed by atoms with Gasteiger partial charge >= 0.3 is 0 Å². The molecule has 2 aromatic rings. The van der Waals surface area contributed by atoms with Crippen molar-refractivity contribution in [2.24, 2.45) is 5.92 Å². The Kier molecular flexibility index (Phi) is 5.11. The molecule has 0 bridgehead atoms. The fourth-order valence-electron chi connectivity index (χ4n) is 3.53. The zero-order chi connectivity index (χ0) is 18.1. The first-order chi connectivity index (χ1) is 11.8. The number of benzene rings is 2. The lowest BCUT2D eigenvalue weighted by atomic mass is 9.79. The van der Waals surface area contributed by atoms with Gasteiger partial charge in [0.05, 0.1) is 0 Å². The van der Waals surface area contributed by atoms with E-state index >= 15 is 0 Å². The van der Waals surface area contributed by atoms with Crippen LogP contribution in [0.1, 0.15) is 55.2 Å². The number of hydrogen-bond acceptors (Lipinski definition) is 0. The molecule has 0 nitrogen and oxygen atoms in total. The molecule has 0 unspecified atom stereocenters. The van der Waals surface area contributed by atoms with Gasteiger partial charge in [0, 0.05) is 12.0 Å². The molecule has 134 valence electrons. The molecule has 1 saturated carbocycles. The van der Waals surface area contributed by atoms with E-state index in [1.54, 1.807) is 0 Å². The molecule has 3 rings (SSSR count). The molecule has 1 fully saturated rings. The van der Waals surface area contributed by atoms with Gasteiger partial charge in [0.2, 0.25) is 0 Å². The Morgan fingerprint density at radius 1 is 0.760 bits per heavy atom. The van der Waals surface area contributed by atoms with Crippen LogP contribution in [0.3, 0.4) is 0 Å². The molecule has 2 aromatic carbocycles. The number of halogens is 5. The summed E-state index contributed by atoms with van der Waals surface area (Å²) in [7, 11) is 0. The highest BCUT2D eigenvalue weighted by Crippen LogP contribution is 2.36. The minimum atomic E-state index is -1.59. The van der Waals surface area contributed by atoms with Gasteiger partial charge in [-0.2, -0.15) is 0 Å². The van der Waals surface area contributed by atoms with Crippen LogP contribution in [0.5, 0.6) is 0 Å². The average molecular weight is 354 g/mol. The van der Waals surface area contributed by atoms with Crippen LogP contribution in [0, 0.1) is 35.0 Å². The van der Waals surface area contributed by atoms with Gasteiger partial charge in [-0.25, -0.2) is 22.0 Å². The van der Waals surface area contributed by atoms with Crippen LogP contribution in [0.2, 0.25) is 0 Å². The molecule has 0 saturated heterocycles. The molecule has 0 aromatic heterocycles. The summed E-state index contributed by atoms with van der Waals surface area (Å²) in [5.74, 6) is -5.04. The lowest BCUT2D eigenvalue weighted by molar-refractivity contribution is 0.346. The highest BCUT2D eigenvalue weighted by atomic mass is 19.2. The van der Waals surface area contributed by atoms with Gasteiger partial charge in [0.15, 0.2) is 17.5 Å². The summed E-state index contributed by atoms with van der Waals surface area (Å²) in [6, 6.07) is 4.14. The van der Waals surface area contributed by atoms with Gasteiger partial charge in [0.1, 0.15) is 11.6 Å². The van der Waals surface area contributed by atoms with Crippen molar-refractivity contribution in [3.63, 3.8) is 0 Å². The SMILES string of the molecule is CC1CCC(c2cc(F)c(Cc3cc(F)c(F)c(F)c3)c(F)c2)CC1. The second kappa shape index (κ2) is 7.14. The van der Waals surface area contributed by atoms with Crippen LogP contribution in [-0.2, 0) is 6.42 Å². The van der Waals surface area contributed by atoms with E-state index in [1.807, 2.05) is 0 Å². The van der Waals surface area contributed by atoms with Crippen molar-refractivity contribution >= 4 is 0 Å². The van der Waals surface area contributed by atoms with Gasteiger partial charge in [-0.3, -0.25) is 0 Å². The van der Waals surface area contributed by atoms with Gasteiger partial charge in [0.25, 0.3) is 0 Å². The van der Waals surface area contributed by atoms with Crippen molar-refractivity contribution < 1.29 is 22.0 Å². The highest BCUT2D eigenvalue weighted by molar-refractivity contribution is 5.33. The molecule has 0 radical (unpaired) electrons. The van der Waals surface area contributed by atoms with Crippen molar-refractivity contribution in [3.05, 3.63) is 70.0 Å². The molecule has 5 heteroatoms. The maximum absolute atomic E-state index is 14.4. The smallest absolute Gasteiger partial charge is 0.194 e. The molecular weight excluding hydrogens is 335 g/mol. The predicted octanol–water partition coefficient (Wildman–Crippen LogP) is 6.27. The molecule has 0 atom stereocenters. The van der Waals surface area contributed by atoms with E-state index in [0.717, 1.165) is 37.8 Å². The standard InChI is InChI=1S/C20H19F5/c1-11-2-4-13(5-3-11)14-9-16(21)15(17(22)10-14)6-12-7-18(23)20(25)19(24)8-12/h7-11,13H,2-6H2,1H3. The van der Waals surface area contributed by atoms with Crippen molar-refractivity contribution in [1.29, 1.82) is 0 Å². The molecule has 0 spiro atoms. The van der Waals surface area contributed by atoms with E-state index in [1.165, 1.54) is 12.1 Å². The normalized spacial score (nSPS) is 20.7. The summed E-state index contributed by atoms with van der Waals surface area (Å²) in [5, 5.41) is 0. The van der Waals surface area contributed by atoms with Crippen molar-refractivity contribution in [1.82, 2.24) is 0 Å². The van der Waals surface area contributed by atoms with Gasteiger partial charge in [-0.1, -0.05) is 19.8 Å². The molecule has 0 amide bonds. The summed E-state index contributed by atoms with van der Waals surface area (Å²) >= 11 is 0. The van der Waals surface area contributed by atoms with E-state index in [0.29, 0.717) is 11.5 Å². The summed E-state index contributed by atoms with van der Waals surface area (Å²) in [6.07, 6.45) is 3.52. The largest absolute Gasteiger partial charge is 0.207 e. The quantitative estimate of drug-likeness (QED) is 0.450. The Balaban J connectivity index is 1.86. The van der Waals surface area contributed by atoms with Gasteiger partial charge in [-0.15, -0.1) is 0 Å².